The molecule has 0 spiro atoms. The first-order chi connectivity index (χ1) is 8.51. The zero-order chi connectivity index (χ0) is 13.2. The van der Waals surface area contributed by atoms with Crippen LogP contribution in [-0.4, -0.2) is 27.0 Å². The lowest BCUT2D eigenvalue weighted by Crippen LogP contribution is -2.34. The molecule has 0 radical (unpaired) electrons. The van der Waals surface area contributed by atoms with Gasteiger partial charge in [0.15, 0.2) is 0 Å². The molecular formula is C14H21N3O. The Balaban J connectivity index is 2.18. The highest BCUT2D eigenvalue weighted by Crippen LogP contribution is 2.18. The summed E-state index contributed by atoms with van der Waals surface area (Å²) in [6.07, 6.45) is 0. The summed E-state index contributed by atoms with van der Waals surface area (Å²) in [4.78, 5) is 0. The van der Waals surface area contributed by atoms with E-state index in [2.05, 4.69) is 29.5 Å². The van der Waals surface area contributed by atoms with Crippen LogP contribution in [0.5, 0.6) is 0 Å². The monoisotopic (exact) mass is 247 g/mol. The van der Waals surface area contributed by atoms with Crippen LogP contribution in [0.2, 0.25) is 0 Å². The molecule has 2 aromatic rings. The minimum absolute atomic E-state index is 0.556. The maximum absolute atomic E-state index is 9.67. The minimum Gasteiger partial charge on any atom is -0.389 e. The van der Waals surface area contributed by atoms with Crippen molar-refractivity contribution in [3.8, 4) is 0 Å². The molecule has 4 nitrogen and oxygen atoms in total. The van der Waals surface area contributed by atoms with Crippen LogP contribution in [0, 0.1) is 0 Å². The number of aliphatic hydroxyl groups is 1. The highest BCUT2D eigenvalue weighted by atomic mass is 16.3. The first kappa shape index (κ1) is 13.1. The number of aromatic nitrogens is 2. The van der Waals surface area contributed by atoms with Crippen LogP contribution in [-0.2, 0) is 13.1 Å². The summed E-state index contributed by atoms with van der Waals surface area (Å²) in [6, 6.07) is 8.24. The second-order valence-electron chi connectivity index (χ2n) is 5.20. The van der Waals surface area contributed by atoms with E-state index in [1.165, 1.54) is 10.9 Å². The Kier molecular flexibility index (Phi) is 3.68. The average Bonchev–Trinajstić information content (AvgIpc) is 2.66. The van der Waals surface area contributed by atoms with Crippen molar-refractivity contribution in [1.29, 1.82) is 0 Å². The molecule has 0 saturated heterocycles. The van der Waals surface area contributed by atoms with E-state index >= 15 is 0 Å². The fourth-order valence-corrected chi connectivity index (χ4v) is 2.05. The maximum atomic E-state index is 9.67. The zero-order valence-corrected chi connectivity index (χ0v) is 11.3. The van der Waals surface area contributed by atoms with E-state index in [9.17, 15) is 5.11 Å². The molecular weight excluding hydrogens is 226 g/mol. The lowest BCUT2D eigenvalue weighted by atomic mass is 10.1. The number of para-hydroxylation sites is 1. The molecule has 0 aliphatic heterocycles. The van der Waals surface area contributed by atoms with Gasteiger partial charge in [-0.1, -0.05) is 18.2 Å². The van der Waals surface area contributed by atoms with E-state index in [0.717, 1.165) is 12.2 Å². The topological polar surface area (TPSA) is 50.1 Å². The molecule has 0 fully saturated rings. The van der Waals surface area contributed by atoms with E-state index in [-0.39, 0.29) is 0 Å². The molecule has 1 heterocycles. The zero-order valence-electron chi connectivity index (χ0n) is 11.3. The fraction of sp³-hybridized carbons (Fsp3) is 0.500. The van der Waals surface area contributed by atoms with Crippen molar-refractivity contribution in [3.05, 3.63) is 30.0 Å². The van der Waals surface area contributed by atoms with Crippen molar-refractivity contribution in [2.24, 2.45) is 0 Å². The molecule has 0 aliphatic carbocycles. The van der Waals surface area contributed by atoms with Gasteiger partial charge < -0.3 is 10.4 Å². The number of fused-ring (bicyclic) bond motifs is 1. The van der Waals surface area contributed by atoms with Crippen molar-refractivity contribution in [2.45, 2.75) is 39.5 Å². The normalized spacial score (nSPS) is 12.2. The van der Waals surface area contributed by atoms with Gasteiger partial charge in [-0.3, -0.25) is 4.68 Å². The number of hydrogen-bond acceptors (Lipinski definition) is 3. The van der Waals surface area contributed by atoms with Gasteiger partial charge in [0.1, 0.15) is 0 Å². The molecule has 0 saturated carbocycles. The summed E-state index contributed by atoms with van der Waals surface area (Å²) in [5, 5.41) is 18.7. The number of nitrogens with zero attached hydrogens (tertiary/aromatic N) is 2. The van der Waals surface area contributed by atoms with Crippen molar-refractivity contribution in [3.63, 3.8) is 0 Å². The molecule has 18 heavy (non-hydrogen) atoms. The number of benzene rings is 1. The first-order valence-corrected chi connectivity index (χ1v) is 6.39. The van der Waals surface area contributed by atoms with E-state index in [1.54, 1.807) is 13.8 Å². The molecule has 0 atom stereocenters. The average molecular weight is 247 g/mol. The van der Waals surface area contributed by atoms with Gasteiger partial charge in [-0.2, -0.15) is 5.10 Å². The number of hydrogen-bond donors (Lipinski definition) is 2. The van der Waals surface area contributed by atoms with Gasteiger partial charge >= 0.3 is 0 Å². The number of aryl methyl sites for hydroxylation is 1. The standard InChI is InChI=1S/C14H21N3O/c1-4-17-13-8-6-5-7-11(13)12(16-17)9-15-10-14(2,3)18/h5-8,15,18H,4,9-10H2,1-3H3. The SMILES string of the molecule is CCn1nc(CNCC(C)(C)O)c2ccccc21. The van der Waals surface area contributed by atoms with Gasteiger partial charge in [-0.15, -0.1) is 0 Å². The van der Waals surface area contributed by atoms with E-state index in [1.807, 2.05) is 16.8 Å². The second kappa shape index (κ2) is 5.08. The molecule has 0 amide bonds. The Hall–Kier alpha value is -1.39. The Morgan fingerprint density at radius 2 is 2.06 bits per heavy atom. The Morgan fingerprint density at radius 1 is 1.33 bits per heavy atom. The molecule has 0 unspecified atom stereocenters. The highest BCUT2D eigenvalue weighted by molar-refractivity contribution is 5.81. The van der Waals surface area contributed by atoms with Crippen LogP contribution in [0.1, 0.15) is 26.5 Å². The van der Waals surface area contributed by atoms with Gasteiger partial charge in [-0.25, -0.2) is 0 Å². The second-order valence-corrected chi connectivity index (χ2v) is 5.20. The smallest absolute Gasteiger partial charge is 0.0841 e. The van der Waals surface area contributed by atoms with E-state index in [4.69, 9.17) is 0 Å². The quantitative estimate of drug-likeness (QED) is 0.848. The molecule has 1 aromatic carbocycles. The van der Waals surface area contributed by atoms with Crippen molar-refractivity contribution < 1.29 is 5.11 Å². The van der Waals surface area contributed by atoms with Gasteiger partial charge in [0, 0.05) is 25.0 Å². The third kappa shape index (κ3) is 2.89. The van der Waals surface area contributed by atoms with Gasteiger partial charge in [0.05, 0.1) is 16.8 Å². The Labute approximate surface area is 108 Å². The molecule has 0 bridgehead atoms. The number of rotatable bonds is 5. The van der Waals surface area contributed by atoms with E-state index < -0.39 is 5.60 Å². The van der Waals surface area contributed by atoms with Gasteiger partial charge in [0.2, 0.25) is 0 Å². The summed E-state index contributed by atoms with van der Waals surface area (Å²) < 4.78 is 2.01. The van der Waals surface area contributed by atoms with Crippen molar-refractivity contribution in [1.82, 2.24) is 15.1 Å². The summed E-state index contributed by atoms with van der Waals surface area (Å²) in [6.45, 7) is 7.78. The highest BCUT2D eigenvalue weighted by Gasteiger charge is 2.13. The summed E-state index contributed by atoms with van der Waals surface area (Å²) in [7, 11) is 0. The molecule has 98 valence electrons. The Morgan fingerprint density at radius 3 is 2.72 bits per heavy atom. The molecule has 0 aliphatic rings. The van der Waals surface area contributed by atoms with Gasteiger partial charge in [-0.05, 0) is 26.8 Å². The van der Waals surface area contributed by atoms with Crippen LogP contribution in [0.3, 0.4) is 0 Å². The minimum atomic E-state index is -0.691. The van der Waals surface area contributed by atoms with Crippen LogP contribution >= 0.6 is 0 Å². The maximum Gasteiger partial charge on any atom is 0.0841 e. The predicted octanol–water partition coefficient (Wildman–Crippen LogP) is 1.92. The van der Waals surface area contributed by atoms with Crippen LogP contribution < -0.4 is 5.32 Å². The molecule has 4 heteroatoms. The van der Waals surface area contributed by atoms with Gasteiger partial charge in [0.25, 0.3) is 0 Å². The predicted molar refractivity (Wildman–Crippen MR) is 73.4 cm³/mol. The summed E-state index contributed by atoms with van der Waals surface area (Å²) in [5.41, 5.74) is 1.51. The fourth-order valence-electron chi connectivity index (χ4n) is 2.05. The van der Waals surface area contributed by atoms with Crippen LogP contribution in [0.15, 0.2) is 24.3 Å². The molecule has 2 rings (SSSR count). The third-order valence-corrected chi connectivity index (χ3v) is 2.88. The summed E-state index contributed by atoms with van der Waals surface area (Å²) >= 11 is 0. The first-order valence-electron chi connectivity index (χ1n) is 6.39. The van der Waals surface area contributed by atoms with Crippen molar-refractivity contribution in [2.75, 3.05) is 6.54 Å². The molecule has 2 N–H and O–H groups in total. The lowest BCUT2D eigenvalue weighted by Gasteiger charge is -2.17. The van der Waals surface area contributed by atoms with Crippen LogP contribution in [0.25, 0.3) is 10.9 Å². The third-order valence-electron chi connectivity index (χ3n) is 2.88. The van der Waals surface area contributed by atoms with Crippen molar-refractivity contribution >= 4 is 10.9 Å². The molecule has 1 aromatic heterocycles. The van der Waals surface area contributed by atoms with Crippen LogP contribution in [0.4, 0.5) is 0 Å². The summed E-state index contributed by atoms with van der Waals surface area (Å²) in [5.74, 6) is 0. The largest absolute Gasteiger partial charge is 0.389 e. The Bertz CT molecular complexity index is 525. The number of nitrogens with one attached hydrogen (secondary N) is 1. The van der Waals surface area contributed by atoms with E-state index in [0.29, 0.717) is 13.1 Å². The lowest BCUT2D eigenvalue weighted by molar-refractivity contribution is 0.0794.